The Labute approximate surface area is 149 Å². The van der Waals surface area contributed by atoms with E-state index < -0.39 is 9.84 Å². The Morgan fingerprint density at radius 3 is 2.28 bits per heavy atom. The Kier molecular flexibility index (Phi) is 5.85. The molecule has 25 heavy (non-hydrogen) atoms. The lowest BCUT2D eigenvalue weighted by molar-refractivity contribution is 0.102. The molecule has 0 saturated heterocycles. The summed E-state index contributed by atoms with van der Waals surface area (Å²) in [7, 11) is -3.34. The van der Waals surface area contributed by atoms with Crippen molar-refractivity contribution in [1.82, 2.24) is 0 Å². The maximum absolute atomic E-state index is 12.4. The molecule has 0 radical (unpaired) electrons. The van der Waals surface area contributed by atoms with Gasteiger partial charge in [0.25, 0.3) is 5.91 Å². The van der Waals surface area contributed by atoms with E-state index in [0.29, 0.717) is 17.3 Å². The molecule has 0 fully saturated rings. The van der Waals surface area contributed by atoms with Crippen molar-refractivity contribution in [2.75, 3.05) is 23.0 Å². The zero-order valence-electron chi connectivity index (χ0n) is 15.0. The Morgan fingerprint density at radius 1 is 1.12 bits per heavy atom. The van der Waals surface area contributed by atoms with Gasteiger partial charge in [0.1, 0.15) is 0 Å². The topological polar surface area (TPSA) is 66.5 Å². The highest BCUT2D eigenvalue weighted by atomic mass is 32.2. The first-order chi connectivity index (χ1) is 11.7. The van der Waals surface area contributed by atoms with Crippen LogP contribution in [0.4, 0.5) is 11.4 Å². The number of amides is 1. The van der Waals surface area contributed by atoms with Gasteiger partial charge in [0.2, 0.25) is 0 Å². The molecule has 1 N–H and O–H groups in total. The zero-order chi connectivity index (χ0) is 18.6. The van der Waals surface area contributed by atoms with Gasteiger partial charge in [0.05, 0.1) is 4.90 Å². The molecule has 2 rings (SSSR count). The molecule has 134 valence electrons. The predicted octanol–water partition coefficient (Wildman–Crippen LogP) is 3.58. The third-order valence-electron chi connectivity index (χ3n) is 3.95. The molecule has 0 atom stereocenters. The van der Waals surface area contributed by atoms with Crippen molar-refractivity contribution in [2.24, 2.45) is 0 Å². The second-order valence-electron chi connectivity index (χ2n) is 6.18. The third kappa shape index (κ3) is 4.82. The summed E-state index contributed by atoms with van der Waals surface area (Å²) in [6.07, 6.45) is 1.12. The predicted molar refractivity (Wildman–Crippen MR) is 102 cm³/mol. The monoisotopic (exact) mass is 360 g/mol. The first-order valence-electron chi connectivity index (χ1n) is 8.20. The summed E-state index contributed by atoms with van der Waals surface area (Å²) in [6, 6.07) is 14.0. The van der Waals surface area contributed by atoms with Crippen LogP contribution in [0.5, 0.6) is 0 Å². The van der Waals surface area contributed by atoms with Crippen LogP contribution in [-0.4, -0.2) is 33.2 Å². The van der Waals surface area contributed by atoms with Gasteiger partial charge in [0, 0.05) is 35.8 Å². The Balaban J connectivity index is 2.16. The van der Waals surface area contributed by atoms with Crippen molar-refractivity contribution in [1.29, 1.82) is 0 Å². The van der Waals surface area contributed by atoms with Crippen LogP contribution in [0.2, 0.25) is 0 Å². The summed E-state index contributed by atoms with van der Waals surface area (Å²) in [5, 5.41) is 2.80. The Bertz CT molecular complexity index is 843. The number of nitrogens with zero attached hydrogens (tertiary/aromatic N) is 1. The first kappa shape index (κ1) is 19.0. The van der Waals surface area contributed by atoms with E-state index in [0.717, 1.165) is 18.5 Å². The number of sulfone groups is 1. The molecule has 0 bridgehead atoms. The molecule has 0 aliphatic carbocycles. The summed E-state index contributed by atoms with van der Waals surface area (Å²) >= 11 is 0. The van der Waals surface area contributed by atoms with Crippen LogP contribution < -0.4 is 10.2 Å². The van der Waals surface area contributed by atoms with Crippen molar-refractivity contribution in [3.63, 3.8) is 0 Å². The second kappa shape index (κ2) is 7.70. The maximum Gasteiger partial charge on any atom is 0.255 e. The van der Waals surface area contributed by atoms with Gasteiger partial charge < -0.3 is 10.2 Å². The summed E-state index contributed by atoms with van der Waals surface area (Å²) in [4.78, 5) is 14.7. The lowest BCUT2D eigenvalue weighted by Crippen LogP contribution is -2.30. The van der Waals surface area contributed by atoms with Gasteiger partial charge in [-0.1, -0.05) is 6.07 Å². The number of hydrogen-bond acceptors (Lipinski definition) is 4. The molecule has 0 aliphatic rings. The van der Waals surface area contributed by atoms with E-state index in [1.807, 2.05) is 24.3 Å². The molecule has 6 heteroatoms. The van der Waals surface area contributed by atoms with E-state index in [1.165, 1.54) is 12.1 Å². The summed E-state index contributed by atoms with van der Waals surface area (Å²) in [5.74, 6) is -0.338. The van der Waals surface area contributed by atoms with Gasteiger partial charge in [-0.3, -0.25) is 4.79 Å². The molecule has 0 aromatic heterocycles. The lowest BCUT2D eigenvalue weighted by atomic mass is 10.2. The van der Waals surface area contributed by atoms with Crippen molar-refractivity contribution in [3.05, 3.63) is 54.1 Å². The SMILES string of the molecule is CCN(c1ccc(NC(=O)c2cccc(S(C)(=O)=O)c2)cc1)C(C)C. The fourth-order valence-corrected chi connectivity index (χ4v) is 3.32. The van der Waals surface area contributed by atoms with E-state index in [4.69, 9.17) is 0 Å². The van der Waals surface area contributed by atoms with Gasteiger partial charge in [-0.15, -0.1) is 0 Å². The van der Waals surface area contributed by atoms with Crippen LogP contribution >= 0.6 is 0 Å². The van der Waals surface area contributed by atoms with Crippen molar-refractivity contribution < 1.29 is 13.2 Å². The number of nitrogens with one attached hydrogen (secondary N) is 1. The molecule has 2 aromatic rings. The molecule has 0 saturated carbocycles. The van der Waals surface area contributed by atoms with Crippen LogP contribution in [0.25, 0.3) is 0 Å². The van der Waals surface area contributed by atoms with Crippen LogP contribution in [0.15, 0.2) is 53.4 Å². The van der Waals surface area contributed by atoms with Crippen LogP contribution in [0.3, 0.4) is 0 Å². The lowest BCUT2D eigenvalue weighted by Gasteiger charge is -2.27. The van der Waals surface area contributed by atoms with E-state index in [2.05, 4.69) is 31.0 Å². The molecule has 0 aliphatic heterocycles. The number of rotatable bonds is 6. The van der Waals surface area contributed by atoms with E-state index >= 15 is 0 Å². The molecule has 2 aromatic carbocycles. The normalized spacial score (nSPS) is 11.4. The van der Waals surface area contributed by atoms with E-state index in [-0.39, 0.29) is 10.8 Å². The summed E-state index contributed by atoms with van der Waals surface area (Å²) in [5.41, 5.74) is 2.07. The van der Waals surface area contributed by atoms with Gasteiger partial charge >= 0.3 is 0 Å². The minimum atomic E-state index is -3.34. The Hall–Kier alpha value is -2.34. The van der Waals surface area contributed by atoms with Crippen molar-refractivity contribution in [2.45, 2.75) is 31.7 Å². The van der Waals surface area contributed by atoms with Crippen LogP contribution in [0.1, 0.15) is 31.1 Å². The number of carbonyl (C=O) groups excluding carboxylic acids is 1. The van der Waals surface area contributed by atoms with E-state index in [9.17, 15) is 13.2 Å². The zero-order valence-corrected chi connectivity index (χ0v) is 15.8. The van der Waals surface area contributed by atoms with Gasteiger partial charge in [0.15, 0.2) is 9.84 Å². The number of anilines is 2. The standard InChI is InChI=1S/C19H24N2O3S/c1-5-21(14(2)3)17-11-9-16(10-12-17)20-19(22)15-7-6-8-18(13-15)25(4,23)24/h6-14H,5H2,1-4H3,(H,20,22). The quantitative estimate of drug-likeness (QED) is 0.855. The number of carbonyl (C=O) groups is 1. The van der Waals surface area contributed by atoms with Gasteiger partial charge in [-0.25, -0.2) is 8.42 Å². The number of hydrogen-bond donors (Lipinski definition) is 1. The second-order valence-corrected chi connectivity index (χ2v) is 8.20. The number of benzene rings is 2. The minimum Gasteiger partial charge on any atom is -0.369 e. The van der Waals surface area contributed by atoms with Crippen molar-refractivity contribution >= 4 is 27.1 Å². The average Bonchev–Trinajstić information content (AvgIpc) is 2.56. The highest BCUT2D eigenvalue weighted by Crippen LogP contribution is 2.20. The minimum absolute atomic E-state index is 0.131. The average molecular weight is 360 g/mol. The fraction of sp³-hybridized carbons (Fsp3) is 0.316. The maximum atomic E-state index is 12.4. The smallest absolute Gasteiger partial charge is 0.255 e. The van der Waals surface area contributed by atoms with Crippen molar-refractivity contribution in [3.8, 4) is 0 Å². The van der Waals surface area contributed by atoms with Gasteiger partial charge in [-0.2, -0.15) is 0 Å². The molecule has 5 nitrogen and oxygen atoms in total. The van der Waals surface area contributed by atoms with E-state index in [1.54, 1.807) is 12.1 Å². The molecular formula is C19H24N2O3S. The molecule has 0 heterocycles. The molecule has 0 spiro atoms. The third-order valence-corrected chi connectivity index (χ3v) is 5.06. The summed E-state index contributed by atoms with van der Waals surface area (Å²) in [6.45, 7) is 7.27. The molecular weight excluding hydrogens is 336 g/mol. The van der Waals surface area contributed by atoms with Crippen LogP contribution in [-0.2, 0) is 9.84 Å². The Morgan fingerprint density at radius 2 is 1.76 bits per heavy atom. The first-order valence-corrected chi connectivity index (χ1v) is 10.1. The molecule has 1 amide bonds. The van der Waals surface area contributed by atoms with Crippen LogP contribution in [0, 0.1) is 0 Å². The highest BCUT2D eigenvalue weighted by Gasteiger charge is 2.12. The fourth-order valence-electron chi connectivity index (χ4n) is 2.65. The highest BCUT2D eigenvalue weighted by molar-refractivity contribution is 7.90. The molecule has 0 unspecified atom stereocenters. The largest absolute Gasteiger partial charge is 0.369 e. The summed E-state index contributed by atoms with van der Waals surface area (Å²) < 4.78 is 23.2. The van der Waals surface area contributed by atoms with Gasteiger partial charge in [-0.05, 0) is 63.2 Å².